The Bertz CT molecular complexity index is 874. The quantitative estimate of drug-likeness (QED) is 0.768. The molecular weight excluding hydrogens is 380 g/mol. The lowest BCUT2D eigenvalue weighted by atomic mass is 10.1. The number of methoxy groups -OCH3 is 1. The van der Waals surface area contributed by atoms with Gasteiger partial charge in [-0.25, -0.2) is 4.98 Å². The molecule has 1 fully saturated rings. The fourth-order valence-corrected chi connectivity index (χ4v) is 3.73. The first-order valence-electron chi connectivity index (χ1n) is 8.83. The van der Waals surface area contributed by atoms with Gasteiger partial charge in [-0.15, -0.1) is 11.3 Å². The van der Waals surface area contributed by atoms with E-state index >= 15 is 0 Å². The maximum absolute atomic E-state index is 12.4. The maximum Gasteiger partial charge on any atom is 0.245 e. The van der Waals surface area contributed by atoms with Gasteiger partial charge in [0.05, 0.1) is 25.3 Å². The van der Waals surface area contributed by atoms with Gasteiger partial charge >= 0.3 is 0 Å². The van der Waals surface area contributed by atoms with E-state index in [-0.39, 0.29) is 37.2 Å². The molecule has 9 heteroatoms. The van der Waals surface area contributed by atoms with Crippen molar-refractivity contribution in [2.75, 3.05) is 30.4 Å². The third kappa shape index (κ3) is 4.48. The monoisotopic (exact) mass is 402 g/mol. The van der Waals surface area contributed by atoms with Crippen molar-refractivity contribution in [3.05, 3.63) is 34.8 Å². The maximum atomic E-state index is 12.4. The molecule has 2 aromatic rings. The van der Waals surface area contributed by atoms with Gasteiger partial charge in [-0.05, 0) is 38.1 Å². The lowest BCUT2D eigenvalue weighted by Gasteiger charge is -2.17. The lowest BCUT2D eigenvalue weighted by molar-refractivity contribution is -0.127. The molecule has 1 unspecified atom stereocenters. The molecule has 3 amide bonds. The summed E-state index contributed by atoms with van der Waals surface area (Å²) in [5.41, 5.74) is 1.58. The van der Waals surface area contributed by atoms with Crippen LogP contribution in [0.15, 0.2) is 24.3 Å². The lowest BCUT2D eigenvalue weighted by Crippen LogP contribution is -2.37. The highest BCUT2D eigenvalue weighted by molar-refractivity contribution is 7.15. The summed E-state index contributed by atoms with van der Waals surface area (Å²) in [4.78, 5) is 43.5. The Morgan fingerprint density at radius 2 is 2.00 bits per heavy atom. The second kappa shape index (κ2) is 8.39. The molecule has 0 aliphatic carbocycles. The van der Waals surface area contributed by atoms with E-state index in [4.69, 9.17) is 4.74 Å². The Kier molecular flexibility index (Phi) is 5.93. The highest BCUT2D eigenvalue weighted by Gasteiger charge is 2.35. The third-order valence-corrected chi connectivity index (χ3v) is 5.57. The van der Waals surface area contributed by atoms with E-state index in [1.165, 1.54) is 11.3 Å². The summed E-state index contributed by atoms with van der Waals surface area (Å²) >= 11 is 1.39. The zero-order chi connectivity index (χ0) is 20.3. The molecule has 0 saturated carbocycles. The first-order chi connectivity index (χ1) is 13.4. The van der Waals surface area contributed by atoms with Crippen molar-refractivity contribution >= 4 is 39.9 Å². The number of anilines is 2. The summed E-state index contributed by atoms with van der Waals surface area (Å²) in [6.45, 7) is 3.91. The number of amides is 3. The van der Waals surface area contributed by atoms with Crippen molar-refractivity contribution in [3.8, 4) is 5.75 Å². The molecule has 1 saturated heterocycles. The Balaban J connectivity index is 1.51. The number of aromatic nitrogens is 1. The minimum Gasteiger partial charge on any atom is -0.497 e. The van der Waals surface area contributed by atoms with Gasteiger partial charge in [0.2, 0.25) is 17.7 Å². The van der Waals surface area contributed by atoms with Gasteiger partial charge in [-0.3, -0.25) is 14.4 Å². The van der Waals surface area contributed by atoms with Crippen LogP contribution in [0.2, 0.25) is 0 Å². The SMILES string of the molecule is COc1ccc(N2CC(C(=O)NCC(=O)Nc3nc(C)c(C)s3)CC2=O)cc1. The number of carbonyl (C=O) groups excluding carboxylic acids is 3. The van der Waals surface area contributed by atoms with Crippen LogP contribution in [-0.2, 0) is 14.4 Å². The molecule has 0 radical (unpaired) electrons. The second-order valence-corrected chi connectivity index (χ2v) is 7.73. The van der Waals surface area contributed by atoms with Gasteiger partial charge in [-0.2, -0.15) is 0 Å². The Hall–Kier alpha value is -2.94. The summed E-state index contributed by atoms with van der Waals surface area (Å²) in [5, 5.41) is 5.78. The molecule has 148 valence electrons. The predicted octanol–water partition coefficient (Wildman–Crippen LogP) is 1.88. The number of ether oxygens (including phenoxy) is 1. The molecule has 1 aromatic carbocycles. The first kappa shape index (κ1) is 19.8. The number of hydrogen-bond donors (Lipinski definition) is 2. The van der Waals surface area contributed by atoms with Crippen LogP contribution < -0.4 is 20.3 Å². The average Bonchev–Trinajstić information content (AvgIpc) is 3.21. The van der Waals surface area contributed by atoms with Crippen LogP contribution in [-0.4, -0.2) is 42.9 Å². The molecule has 1 atom stereocenters. The normalized spacial score (nSPS) is 16.2. The Morgan fingerprint density at radius 3 is 2.61 bits per heavy atom. The number of nitrogens with zero attached hydrogens (tertiary/aromatic N) is 2. The van der Waals surface area contributed by atoms with E-state index in [2.05, 4.69) is 15.6 Å². The molecule has 2 N–H and O–H groups in total. The fourth-order valence-electron chi connectivity index (χ4n) is 2.90. The topological polar surface area (TPSA) is 101 Å². The number of thiazole rings is 1. The number of carbonyl (C=O) groups is 3. The number of hydrogen-bond acceptors (Lipinski definition) is 6. The molecule has 1 aromatic heterocycles. The standard InChI is InChI=1S/C19H22N4O4S/c1-11-12(2)28-19(21-11)22-16(24)9-20-18(26)13-8-17(25)23(10-13)14-4-6-15(27-3)7-5-14/h4-7,13H,8-10H2,1-3H3,(H,20,26)(H,21,22,24). The number of nitrogens with one attached hydrogen (secondary N) is 2. The number of rotatable bonds is 6. The van der Waals surface area contributed by atoms with Crippen LogP contribution in [0.1, 0.15) is 17.0 Å². The summed E-state index contributed by atoms with van der Waals surface area (Å²) in [6.07, 6.45) is 0.115. The van der Waals surface area contributed by atoms with Gasteiger partial charge in [0.15, 0.2) is 5.13 Å². The van der Waals surface area contributed by atoms with Crippen LogP contribution in [0.25, 0.3) is 0 Å². The summed E-state index contributed by atoms with van der Waals surface area (Å²) in [5.74, 6) is -0.582. The number of aryl methyl sites for hydroxylation is 2. The fraction of sp³-hybridized carbons (Fsp3) is 0.368. The van der Waals surface area contributed by atoms with Gasteiger partial charge in [-0.1, -0.05) is 0 Å². The van der Waals surface area contributed by atoms with E-state index in [0.717, 1.165) is 10.6 Å². The minimum absolute atomic E-state index is 0.115. The van der Waals surface area contributed by atoms with Crippen LogP contribution in [0, 0.1) is 19.8 Å². The van der Waals surface area contributed by atoms with Gasteiger partial charge < -0.3 is 20.3 Å². The molecule has 0 bridgehead atoms. The van der Waals surface area contributed by atoms with E-state index in [9.17, 15) is 14.4 Å². The van der Waals surface area contributed by atoms with E-state index in [1.54, 1.807) is 36.3 Å². The van der Waals surface area contributed by atoms with Crippen LogP contribution in [0.5, 0.6) is 5.75 Å². The van der Waals surface area contributed by atoms with Crippen LogP contribution >= 0.6 is 11.3 Å². The molecule has 3 rings (SSSR count). The van der Waals surface area contributed by atoms with Crippen LogP contribution in [0.4, 0.5) is 10.8 Å². The largest absolute Gasteiger partial charge is 0.497 e. The second-order valence-electron chi connectivity index (χ2n) is 6.53. The summed E-state index contributed by atoms with van der Waals surface area (Å²) in [6, 6.07) is 7.09. The van der Waals surface area contributed by atoms with Crippen molar-refractivity contribution in [2.24, 2.45) is 5.92 Å². The Morgan fingerprint density at radius 1 is 1.29 bits per heavy atom. The molecular formula is C19H22N4O4S. The van der Waals surface area contributed by atoms with E-state index < -0.39 is 5.92 Å². The summed E-state index contributed by atoms with van der Waals surface area (Å²) < 4.78 is 5.11. The molecule has 8 nitrogen and oxygen atoms in total. The van der Waals surface area contributed by atoms with Crippen molar-refractivity contribution in [1.29, 1.82) is 0 Å². The van der Waals surface area contributed by atoms with Crippen LogP contribution in [0.3, 0.4) is 0 Å². The van der Waals surface area contributed by atoms with Gasteiger partial charge in [0.1, 0.15) is 5.75 Å². The van der Waals surface area contributed by atoms with Crippen molar-refractivity contribution in [2.45, 2.75) is 20.3 Å². The highest BCUT2D eigenvalue weighted by Crippen LogP contribution is 2.27. The molecule has 1 aliphatic rings. The third-order valence-electron chi connectivity index (χ3n) is 4.58. The zero-order valence-corrected chi connectivity index (χ0v) is 16.8. The molecule has 1 aliphatic heterocycles. The van der Waals surface area contributed by atoms with Crippen molar-refractivity contribution in [3.63, 3.8) is 0 Å². The van der Waals surface area contributed by atoms with Crippen molar-refractivity contribution < 1.29 is 19.1 Å². The van der Waals surface area contributed by atoms with E-state index in [1.807, 2.05) is 13.8 Å². The first-order valence-corrected chi connectivity index (χ1v) is 9.65. The van der Waals surface area contributed by atoms with Crippen molar-refractivity contribution in [1.82, 2.24) is 10.3 Å². The zero-order valence-electron chi connectivity index (χ0n) is 15.9. The predicted molar refractivity (Wildman–Crippen MR) is 107 cm³/mol. The number of benzene rings is 1. The Labute approximate surface area is 166 Å². The summed E-state index contributed by atoms with van der Waals surface area (Å²) in [7, 11) is 1.57. The minimum atomic E-state index is -0.494. The molecule has 2 heterocycles. The molecule has 0 spiro atoms. The average molecular weight is 402 g/mol. The van der Waals surface area contributed by atoms with Gasteiger partial charge in [0.25, 0.3) is 0 Å². The highest BCUT2D eigenvalue weighted by atomic mass is 32.1. The van der Waals surface area contributed by atoms with E-state index in [0.29, 0.717) is 16.6 Å². The molecule has 28 heavy (non-hydrogen) atoms. The van der Waals surface area contributed by atoms with Gasteiger partial charge in [0, 0.05) is 23.5 Å². The smallest absolute Gasteiger partial charge is 0.245 e.